The largest absolute Gasteiger partial charge is 0.506 e. The predicted molar refractivity (Wildman–Crippen MR) is 104 cm³/mol. The molecule has 0 spiro atoms. The summed E-state index contributed by atoms with van der Waals surface area (Å²) in [6.45, 7) is 7.42. The number of carbonyl (C=O) groups excluding carboxylic acids is 1. The van der Waals surface area contributed by atoms with Gasteiger partial charge in [-0.05, 0) is 52.4 Å². The Morgan fingerprint density at radius 3 is 2.57 bits per heavy atom. The third-order valence-corrected chi connectivity index (χ3v) is 5.61. The number of hydrogen-bond donors (Lipinski definition) is 1. The highest BCUT2D eigenvalue weighted by atomic mass is 16.6. The van der Waals surface area contributed by atoms with Gasteiger partial charge in [0.05, 0.1) is 17.3 Å². The molecule has 150 valence electrons. The second kappa shape index (κ2) is 6.84. The van der Waals surface area contributed by atoms with Gasteiger partial charge >= 0.3 is 6.09 Å². The van der Waals surface area contributed by atoms with Crippen molar-refractivity contribution in [1.82, 2.24) is 9.88 Å². The highest BCUT2D eigenvalue weighted by molar-refractivity contribution is 5.69. The van der Waals surface area contributed by atoms with Crippen molar-refractivity contribution in [3.8, 4) is 11.8 Å². The van der Waals surface area contributed by atoms with E-state index in [1.807, 2.05) is 25.7 Å². The zero-order chi connectivity index (χ0) is 20.1. The number of nitriles is 1. The third kappa shape index (κ3) is 3.87. The number of aromatic hydroxyl groups is 1. The van der Waals surface area contributed by atoms with Gasteiger partial charge in [0.2, 0.25) is 0 Å². The summed E-state index contributed by atoms with van der Waals surface area (Å²) < 4.78 is 5.61. The molecule has 28 heavy (non-hydrogen) atoms. The number of amides is 1. The van der Waals surface area contributed by atoms with E-state index >= 15 is 0 Å². The average molecular weight is 384 g/mol. The van der Waals surface area contributed by atoms with Gasteiger partial charge in [-0.15, -0.1) is 0 Å². The van der Waals surface area contributed by atoms with Crippen LogP contribution >= 0.6 is 0 Å². The molecular weight excluding hydrogens is 356 g/mol. The third-order valence-electron chi connectivity index (χ3n) is 5.61. The average Bonchev–Trinajstić information content (AvgIpc) is 3.52. The molecule has 1 atom stereocenters. The molecule has 1 aromatic heterocycles. The van der Waals surface area contributed by atoms with Crippen molar-refractivity contribution in [2.45, 2.75) is 64.0 Å². The summed E-state index contributed by atoms with van der Waals surface area (Å²) in [7, 11) is 0. The number of pyridine rings is 1. The van der Waals surface area contributed by atoms with Gasteiger partial charge in [0.15, 0.2) is 0 Å². The van der Waals surface area contributed by atoms with Crippen LogP contribution in [0.1, 0.15) is 63.6 Å². The molecule has 4 rings (SSSR count). The molecule has 2 heterocycles. The summed E-state index contributed by atoms with van der Waals surface area (Å²) in [6.07, 6.45) is 4.02. The highest BCUT2D eigenvalue weighted by Gasteiger charge is 2.43. The van der Waals surface area contributed by atoms with Crippen LogP contribution in [0.25, 0.3) is 0 Å². The Hall–Kier alpha value is -2.49. The van der Waals surface area contributed by atoms with Crippen molar-refractivity contribution in [2.24, 2.45) is 5.92 Å². The standard InChI is InChI=1S/C21H28N4O3/c1-21(2,3)28-20(27)25-9-8-24(12-16(25)13-4-5-13)19-15(11-22)10-17(26)18(23-19)14-6-7-14/h10,13-14,16,26H,4-9,12H2,1-3H3. The number of ether oxygens (including phenoxy) is 1. The van der Waals surface area contributed by atoms with Gasteiger partial charge in [-0.25, -0.2) is 9.78 Å². The van der Waals surface area contributed by atoms with Crippen molar-refractivity contribution in [2.75, 3.05) is 24.5 Å². The molecule has 2 saturated carbocycles. The zero-order valence-electron chi connectivity index (χ0n) is 16.8. The summed E-state index contributed by atoms with van der Waals surface area (Å²) in [5, 5.41) is 19.8. The first kappa shape index (κ1) is 18.9. The number of piperazine rings is 1. The van der Waals surface area contributed by atoms with Crippen molar-refractivity contribution in [3.63, 3.8) is 0 Å². The normalized spacial score (nSPS) is 22.7. The van der Waals surface area contributed by atoms with Crippen LogP contribution in [-0.4, -0.2) is 52.4 Å². The van der Waals surface area contributed by atoms with Crippen LogP contribution in [0.4, 0.5) is 10.6 Å². The van der Waals surface area contributed by atoms with Gasteiger partial charge in [-0.3, -0.25) is 0 Å². The van der Waals surface area contributed by atoms with Crippen LogP contribution in [0.5, 0.6) is 5.75 Å². The molecule has 1 N–H and O–H groups in total. The molecule has 1 unspecified atom stereocenters. The molecule has 3 fully saturated rings. The maximum Gasteiger partial charge on any atom is 0.410 e. The Labute approximate surface area is 165 Å². The Kier molecular flexibility index (Phi) is 4.60. The molecule has 1 amide bonds. The maximum absolute atomic E-state index is 12.7. The molecule has 0 radical (unpaired) electrons. The molecule has 2 aliphatic carbocycles. The minimum absolute atomic E-state index is 0.0649. The van der Waals surface area contributed by atoms with Crippen molar-refractivity contribution < 1.29 is 14.6 Å². The number of aromatic nitrogens is 1. The smallest absolute Gasteiger partial charge is 0.410 e. The predicted octanol–water partition coefficient (Wildman–Crippen LogP) is 3.37. The second-order valence-corrected chi connectivity index (χ2v) is 9.17. The summed E-state index contributed by atoms with van der Waals surface area (Å²) in [6, 6.07) is 3.78. The number of rotatable bonds is 3. The monoisotopic (exact) mass is 384 g/mol. The lowest BCUT2D eigenvalue weighted by Gasteiger charge is -2.42. The van der Waals surface area contributed by atoms with E-state index in [1.165, 1.54) is 0 Å². The first-order valence-electron chi connectivity index (χ1n) is 10.2. The van der Waals surface area contributed by atoms with E-state index in [-0.39, 0.29) is 17.9 Å². The highest BCUT2D eigenvalue weighted by Crippen LogP contribution is 2.45. The van der Waals surface area contributed by atoms with Gasteiger partial charge in [0.1, 0.15) is 23.2 Å². The summed E-state index contributed by atoms with van der Waals surface area (Å²) >= 11 is 0. The van der Waals surface area contributed by atoms with E-state index in [0.717, 1.165) is 25.7 Å². The van der Waals surface area contributed by atoms with Gasteiger partial charge in [0, 0.05) is 31.6 Å². The van der Waals surface area contributed by atoms with E-state index in [4.69, 9.17) is 9.72 Å². The number of anilines is 1. The van der Waals surface area contributed by atoms with Crippen molar-refractivity contribution in [1.29, 1.82) is 5.26 Å². The summed E-state index contributed by atoms with van der Waals surface area (Å²) in [4.78, 5) is 21.4. The Morgan fingerprint density at radius 2 is 2.00 bits per heavy atom. The maximum atomic E-state index is 12.7. The molecule has 7 nitrogen and oxygen atoms in total. The lowest BCUT2D eigenvalue weighted by Crippen LogP contribution is -2.57. The van der Waals surface area contributed by atoms with E-state index < -0.39 is 5.60 Å². The topological polar surface area (TPSA) is 89.7 Å². The van der Waals surface area contributed by atoms with Gasteiger partial charge in [-0.2, -0.15) is 5.26 Å². The summed E-state index contributed by atoms with van der Waals surface area (Å²) in [5.41, 5.74) is 0.572. The molecule has 3 aliphatic rings. The summed E-state index contributed by atoms with van der Waals surface area (Å²) in [5.74, 6) is 1.53. The SMILES string of the molecule is CC(C)(C)OC(=O)N1CCN(c2nc(C3CC3)c(O)cc2C#N)CC1C1CC1. The van der Waals surface area contributed by atoms with Crippen LogP contribution in [0.3, 0.4) is 0 Å². The van der Waals surface area contributed by atoms with Gasteiger partial charge in [-0.1, -0.05) is 0 Å². The number of carbonyl (C=O) groups is 1. The fourth-order valence-electron chi connectivity index (χ4n) is 3.92. The molecular formula is C21H28N4O3. The van der Waals surface area contributed by atoms with Gasteiger partial charge in [0.25, 0.3) is 0 Å². The fraction of sp³-hybridized carbons (Fsp3) is 0.667. The first-order chi connectivity index (χ1) is 13.3. The Morgan fingerprint density at radius 1 is 1.29 bits per heavy atom. The lowest BCUT2D eigenvalue weighted by atomic mass is 10.1. The quantitative estimate of drug-likeness (QED) is 0.859. The Bertz CT molecular complexity index is 818. The molecule has 1 saturated heterocycles. The zero-order valence-corrected chi connectivity index (χ0v) is 16.8. The van der Waals surface area contributed by atoms with Crippen LogP contribution in [-0.2, 0) is 4.74 Å². The van der Waals surface area contributed by atoms with E-state index in [1.54, 1.807) is 6.07 Å². The van der Waals surface area contributed by atoms with Crippen molar-refractivity contribution in [3.05, 3.63) is 17.3 Å². The van der Waals surface area contributed by atoms with E-state index in [0.29, 0.717) is 48.5 Å². The van der Waals surface area contributed by atoms with Crippen LogP contribution in [0.2, 0.25) is 0 Å². The van der Waals surface area contributed by atoms with Crippen LogP contribution < -0.4 is 4.90 Å². The number of hydrogen-bond acceptors (Lipinski definition) is 6. The van der Waals surface area contributed by atoms with Crippen LogP contribution in [0.15, 0.2) is 6.07 Å². The molecule has 0 aromatic carbocycles. The minimum Gasteiger partial charge on any atom is -0.506 e. The van der Waals surface area contributed by atoms with Crippen LogP contribution in [0, 0.1) is 17.2 Å². The second-order valence-electron chi connectivity index (χ2n) is 9.17. The Balaban J connectivity index is 1.57. The van der Waals surface area contributed by atoms with E-state index in [9.17, 15) is 15.2 Å². The molecule has 1 aromatic rings. The number of nitrogens with zero attached hydrogens (tertiary/aromatic N) is 4. The minimum atomic E-state index is -0.520. The fourth-order valence-corrected chi connectivity index (χ4v) is 3.92. The van der Waals surface area contributed by atoms with E-state index in [2.05, 4.69) is 11.0 Å². The molecule has 0 bridgehead atoms. The first-order valence-corrected chi connectivity index (χ1v) is 10.2. The molecule has 1 aliphatic heterocycles. The van der Waals surface area contributed by atoms with Crippen molar-refractivity contribution >= 4 is 11.9 Å². The van der Waals surface area contributed by atoms with Gasteiger partial charge < -0.3 is 19.6 Å². The molecule has 7 heteroatoms. The lowest BCUT2D eigenvalue weighted by molar-refractivity contribution is 0.0116.